The normalized spacial score (nSPS) is 18.2. The van der Waals surface area contributed by atoms with Crippen LogP contribution in [0.15, 0.2) is 30.5 Å². The van der Waals surface area contributed by atoms with Crippen molar-refractivity contribution in [1.29, 1.82) is 0 Å². The van der Waals surface area contributed by atoms with E-state index in [1.807, 2.05) is 6.20 Å². The molecule has 0 unspecified atom stereocenters. The minimum Gasteiger partial charge on any atom is -0.378 e. The highest BCUT2D eigenvalue weighted by molar-refractivity contribution is 5.84. The number of hydrogen-bond donors (Lipinski definition) is 2. The van der Waals surface area contributed by atoms with Crippen LogP contribution in [-0.4, -0.2) is 72.4 Å². The molecule has 0 radical (unpaired) electrons. The average Bonchev–Trinajstić information content (AvgIpc) is 3.22. The molecule has 3 aromatic rings. The fourth-order valence-electron chi connectivity index (χ4n) is 3.59. The fourth-order valence-corrected chi connectivity index (χ4v) is 3.59. The molecule has 8 heteroatoms. The summed E-state index contributed by atoms with van der Waals surface area (Å²) >= 11 is 0. The van der Waals surface area contributed by atoms with Gasteiger partial charge in [-0.15, -0.1) is 0 Å². The number of H-pyrrole nitrogens is 1. The maximum atomic E-state index is 5.49. The van der Waals surface area contributed by atoms with Crippen molar-refractivity contribution in [3.05, 3.63) is 30.5 Å². The van der Waals surface area contributed by atoms with Crippen molar-refractivity contribution in [1.82, 2.24) is 25.3 Å². The van der Waals surface area contributed by atoms with Crippen LogP contribution in [0.1, 0.15) is 0 Å². The molecule has 0 bridgehead atoms. The van der Waals surface area contributed by atoms with Crippen molar-refractivity contribution >= 4 is 22.8 Å². The molecule has 0 amide bonds. The molecule has 0 spiro atoms. The van der Waals surface area contributed by atoms with E-state index in [1.165, 1.54) is 0 Å². The Kier molecular flexibility index (Phi) is 4.35. The number of morpholine rings is 1. The molecule has 140 valence electrons. The Balaban J connectivity index is 1.57. The zero-order chi connectivity index (χ0) is 18.1. The summed E-state index contributed by atoms with van der Waals surface area (Å²) in [7, 11) is 0. The second-order valence-corrected chi connectivity index (χ2v) is 6.88. The van der Waals surface area contributed by atoms with Crippen LogP contribution < -0.4 is 15.1 Å². The van der Waals surface area contributed by atoms with Gasteiger partial charge < -0.3 is 24.8 Å². The van der Waals surface area contributed by atoms with Gasteiger partial charge >= 0.3 is 0 Å². The molecular weight excluding hydrogens is 342 g/mol. The van der Waals surface area contributed by atoms with Crippen molar-refractivity contribution < 1.29 is 4.74 Å². The first-order valence-corrected chi connectivity index (χ1v) is 9.49. The standard InChI is InChI=1S/C19H23N7O/c1-2-16-14(3-4-21-16)13-15(1)17-22-18(25-7-5-20-6-8-25)24-19(23-17)26-9-11-27-12-10-26/h1-4,13,20-21H,5-12H2. The molecule has 0 saturated carbocycles. The van der Waals surface area contributed by atoms with E-state index < -0.39 is 0 Å². The molecule has 2 aliphatic heterocycles. The fraction of sp³-hybridized carbons (Fsp3) is 0.421. The monoisotopic (exact) mass is 365 g/mol. The molecule has 8 nitrogen and oxygen atoms in total. The molecule has 2 fully saturated rings. The van der Waals surface area contributed by atoms with E-state index in [2.05, 4.69) is 44.4 Å². The van der Waals surface area contributed by atoms with Gasteiger partial charge in [0.05, 0.1) is 13.2 Å². The van der Waals surface area contributed by atoms with Gasteiger partial charge in [0.2, 0.25) is 11.9 Å². The zero-order valence-corrected chi connectivity index (χ0v) is 15.2. The summed E-state index contributed by atoms with van der Waals surface area (Å²) in [4.78, 5) is 22.1. The van der Waals surface area contributed by atoms with Crippen molar-refractivity contribution in [3.8, 4) is 11.4 Å². The molecular formula is C19H23N7O. The summed E-state index contributed by atoms with van der Waals surface area (Å²) in [5.74, 6) is 2.23. The van der Waals surface area contributed by atoms with E-state index in [9.17, 15) is 0 Å². The Morgan fingerprint density at radius 1 is 0.852 bits per heavy atom. The van der Waals surface area contributed by atoms with Gasteiger partial charge in [0.25, 0.3) is 0 Å². The van der Waals surface area contributed by atoms with Crippen LogP contribution in [0, 0.1) is 0 Å². The predicted molar refractivity (Wildman–Crippen MR) is 105 cm³/mol. The highest BCUT2D eigenvalue weighted by Gasteiger charge is 2.21. The van der Waals surface area contributed by atoms with Gasteiger partial charge in [-0.1, -0.05) is 0 Å². The molecule has 5 rings (SSSR count). The van der Waals surface area contributed by atoms with Gasteiger partial charge in [0.15, 0.2) is 5.82 Å². The van der Waals surface area contributed by atoms with E-state index in [1.54, 1.807) is 0 Å². The lowest BCUT2D eigenvalue weighted by atomic mass is 10.1. The Bertz CT molecular complexity index is 892. The lowest BCUT2D eigenvalue weighted by Gasteiger charge is -2.30. The average molecular weight is 365 g/mol. The van der Waals surface area contributed by atoms with Crippen LogP contribution in [0.5, 0.6) is 0 Å². The van der Waals surface area contributed by atoms with Gasteiger partial charge in [0.1, 0.15) is 0 Å². The van der Waals surface area contributed by atoms with E-state index in [0.717, 1.165) is 73.5 Å². The number of benzene rings is 1. The topological polar surface area (TPSA) is 82.2 Å². The summed E-state index contributed by atoms with van der Waals surface area (Å²) in [6.45, 7) is 6.74. The predicted octanol–water partition coefficient (Wildman–Crippen LogP) is 1.27. The summed E-state index contributed by atoms with van der Waals surface area (Å²) < 4.78 is 5.49. The number of fused-ring (bicyclic) bond motifs is 1. The summed E-state index contributed by atoms with van der Waals surface area (Å²) in [5, 5.41) is 4.54. The minimum atomic E-state index is 0.708. The minimum absolute atomic E-state index is 0.708. The van der Waals surface area contributed by atoms with Crippen molar-refractivity contribution in [2.24, 2.45) is 0 Å². The summed E-state index contributed by atoms with van der Waals surface area (Å²) in [5.41, 5.74) is 2.12. The SMILES string of the molecule is c1cc2cc(-c3nc(N4CCNCC4)nc(N4CCOCC4)n3)ccc2[nH]1. The second kappa shape index (κ2) is 7.13. The third-order valence-electron chi connectivity index (χ3n) is 5.12. The van der Waals surface area contributed by atoms with Gasteiger partial charge in [-0.2, -0.15) is 15.0 Å². The smallest absolute Gasteiger partial charge is 0.230 e. The van der Waals surface area contributed by atoms with Gasteiger partial charge in [-0.3, -0.25) is 0 Å². The molecule has 4 heterocycles. The number of piperazine rings is 1. The number of rotatable bonds is 3. The van der Waals surface area contributed by atoms with Gasteiger partial charge in [-0.05, 0) is 24.3 Å². The number of hydrogen-bond acceptors (Lipinski definition) is 7. The van der Waals surface area contributed by atoms with Crippen LogP contribution in [0.3, 0.4) is 0 Å². The Hall–Kier alpha value is -2.71. The van der Waals surface area contributed by atoms with Gasteiger partial charge in [-0.25, -0.2) is 0 Å². The maximum absolute atomic E-state index is 5.49. The summed E-state index contributed by atoms with van der Waals surface area (Å²) in [6.07, 6.45) is 1.95. The van der Waals surface area contributed by atoms with Crippen LogP contribution in [0.4, 0.5) is 11.9 Å². The number of ether oxygens (including phenoxy) is 1. The first-order valence-electron chi connectivity index (χ1n) is 9.49. The molecule has 27 heavy (non-hydrogen) atoms. The van der Waals surface area contributed by atoms with E-state index >= 15 is 0 Å². The summed E-state index contributed by atoms with van der Waals surface area (Å²) in [6, 6.07) is 8.35. The highest BCUT2D eigenvalue weighted by atomic mass is 16.5. The molecule has 2 aliphatic rings. The molecule has 1 aromatic carbocycles. The Labute approximate surface area is 157 Å². The lowest BCUT2D eigenvalue weighted by Crippen LogP contribution is -2.44. The quantitative estimate of drug-likeness (QED) is 0.723. The van der Waals surface area contributed by atoms with Crippen molar-refractivity contribution in [2.75, 3.05) is 62.3 Å². The van der Waals surface area contributed by atoms with E-state index in [4.69, 9.17) is 19.7 Å². The molecule has 0 aliphatic carbocycles. The van der Waals surface area contributed by atoms with Crippen molar-refractivity contribution in [2.45, 2.75) is 0 Å². The number of nitrogens with one attached hydrogen (secondary N) is 2. The van der Waals surface area contributed by atoms with Crippen LogP contribution >= 0.6 is 0 Å². The Morgan fingerprint density at radius 3 is 2.37 bits per heavy atom. The molecule has 2 N–H and O–H groups in total. The lowest BCUT2D eigenvalue weighted by molar-refractivity contribution is 0.122. The first-order chi connectivity index (χ1) is 13.4. The first kappa shape index (κ1) is 16.5. The van der Waals surface area contributed by atoms with E-state index in [-0.39, 0.29) is 0 Å². The number of aromatic nitrogens is 4. The Morgan fingerprint density at radius 2 is 1.59 bits per heavy atom. The second-order valence-electron chi connectivity index (χ2n) is 6.88. The largest absolute Gasteiger partial charge is 0.378 e. The van der Waals surface area contributed by atoms with Gasteiger partial charge in [0, 0.05) is 61.9 Å². The highest BCUT2D eigenvalue weighted by Crippen LogP contribution is 2.25. The third-order valence-corrected chi connectivity index (χ3v) is 5.12. The third kappa shape index (κ3) is 3.33. The van der Waals surface area contributed by atoms with Crippen LogP contribution in [0.2, 0.25) is 0 Å². The van der Waals surface area contributed by atoms with Crippen LogP contribution in [-0.2, 0) is 4.74 Å². The molecule has 0 atom stereocenters. The molecule has 2 aromatic heterocycles. The van der Waals surface area contributed by atoms with E-state index in [0.29, 0.717) is 13.2 Å². The maximum Gasteiger partial charge on any atom is 0.230 e. The van der Waals surface area contributed by atoms with Crippen LogP contribution in [0.25, 0.3) is 22.3 Å². The number of anilines is 2. The number of aromatic amines is 1. The van der Waals surface area contributed by atoms with Crippen molar-refractivity contribution in [3.63, 3.8) is 0 Å². The molecule has 2 saturated heterocycles. The number of nitrogens with zero attached hydrogens (tertiary/aromatic N) is 5. The zero-order valence-electron chi connectivity index (χ0n) is 15.2.